The van der Waals surface area contributed by atoms with Crippen molar-refractivity contribution in [3.63, 3.8) is 0 Å². The minimum absolute atomic E-state index is 0.406. The maximum Gasteiger partial charge on any atom is 0.248 e. The van der Waals surface area contributed by atoms with Gasteiger partial charge in [-0.1, -0.05) is 0 Å². The van der Waals surface area contributed by atoms with E-state index < -0.39 is 5.91 Å². The molecule has 1 aromatic rings. The highest BCUT2D eigenvalue weighted by Crippen LogP contribution is 2.21. The molecule has 0 radical (unpaired) electrons. The third kappa shape index (κ3) is 1.70. The first kappa shape index (κ1) is 9.02. The van der Waals surface area contributed by atoms with Crippen LogP contribution in [0.25, 0.3) is 0 Å². The molecule has 1 aliphatic rings. The molecule has 0 saturated carbocycles. The van der Waals surface area contributed by atoms with Crippen LogP contribution in [0.3, 0.4) is 0 Å². The fourth-order valence-corrected chi connectivity index (χ4v) is 1.47. The van der Waals surface area contributed by atoms with E-state index in [4.69, 9.17) is 10.5 Å². The van der Waals surface area contributed by atoms with Crippen molar-refractivity contribution >= 4 is 5.91 Å². The van der Waals surface area contributed by atoms with Gasteiger partial charge in [-0.15, -0.1) is 0 Å². The molecule has 0 fully saturated rings. The van der Waals surface area contributed by atoms with Crippen molar-refractivity contribution < 1.29 is 9.53 Å². The van der Waals surface area contributed by atoms with E-state index in [9.17, 15) is 4.79 Å². The molecule has 0 atom stereocenters. The summed E-state index contributed by atoms with van der Waals surface area (Å²) in [7, 11) is 0. The summed E-state index contributed by atoms with van der Waals surface area (Å²) in [6, 6.07) is 5.25. The topological polar surface area (TPSA) is 64.4 Å². The van der Waals surface area contributed by atoms with Gasteiger partial charge in [-0.2, -0.15) is 0 Å². The van der Waals surface area contributed by atoms with Crippen molar-refractivity contribution in [3.05, 3.63) is 29.3 Å². The van der Waals surface area contributed by atoms with Crippen LogP contribution < -0.4 is 15.8 Å². The molecule has 4 heteroatoms. The number of carbonyl (C=O) groups excluding carboxylic acids is 1. The standard InChI is InChI=1S/C10H12N2O2/c11-10(13)7-1-2-9-8(5-7)6-12-3-4-14-9/h1-2,5,12H,3-4,6H2,(H2,11,13). The highest BCUT2D eigenvalue weighted by Gasteiger charge is 2.10. The van der Waals surface area contributed by atoms with Crippen molar-refractivity contribution in [1.82, 2.24) is 5.32 Å². The van der Waals surface area contributed by atoms with Gasteiger partial charge in [0, 0.05) is 24.2 Å². The van der Waals surface area contributed by atoms with E-state index in [1.165, 1.54) is 0 Å². The predicted octanol–water partition coefficient (Wildman–Crippen LogP) is 0.267. The second-order valence-corrected chi connectivity index (χ2v) is 3.21. The summed E-state index contributed by atoms with van der Waals surface area (Å²) in [5, 5.41) is 3.19. The molecule has 4 nitrogen and oxygen atoms in total. The molecule has 0 aromatic heterocycles. The van der Waals surface area contributed by atoms with E-state index in [-0.39, 0.29) is 0 Å². The number of nitrogens with two attached hydrogens (primary N) is 1. The molecular weight excluding hydrogens is 180 g/mol. The van der Waals surface area contributed by atoms with Crippen LogP contribution in [0.5, 0.6) is 5.75 Å². The number of ether oxygens (including phenoxy) is 1. The molecule has 74 valence electrons. The fourth-order valence-electron chi connectivity index (χ4n) is 1.47. The van der Waals surface area contributed by atoms with Gasteiger partial charge in [0.15, 0.2) is 0 Å². The molecule has 14 heavy (non-hydrogen) atoms. The van der Waals surface area contributed by atoms with E-state index >= 15 is 0 Å². The number of hydrogen-bond acceptors (Lipinski definition) is 3. The van der Waals surface area contributed by atoms with Crippen LogP contribution in [0.15, 0.2) is 18.2 Å². The fraction of sp³-hybridized carbons (Fsp3) is 0.300. The van der Waals surface area contributed by atoms with Gasteiger partial charge in [-0.05, 0) is 18.2 Å². The zero-order chi connectivity index (χ0) is 9.97. The highest BCUT2D eigenvalue weighted by molar-refractivity contribution is 5.93. The number of fused-ring (bicyclic) bond motifs is 1. The molecule has 0 aliphatic carbocycles. The third-order valence-corrected chi connectivity index (χ3v) is 2.20. The second kappa shape index (κ2) is 3.67. The first-order valence-electron chi connectivity index (χ1n) is 4.53. The van der Waals surface area contributed by atoms with Crippen LogP contribution in [-0.2, 0) is 6.54 Å². The van der Waals surface area contributed by atoms with Crippen LogP contribution in [-0.4, -0.2) is 19.1 Å². The van der Waals surface area contributed by atoms with Crippen molar-refractivity contribution in [2.75, 3.05) is 13.2 Å². The smallest absolute Gasteiger partial charge is 0.248 e. The van der Waals surface area contributed by atoms with Crippen LogP contribution >= 0.6 is 0 Å². The number of rotatable bonds is 1. The first-order chi connectivity index (χ1) is 6.77. The Kier molecular flexibility index (Phi) is 2.37. The molecule has 3 N–H and O–H groups in total. The Morgan fingerprint density at radius 1 is 1.50 bits per heavy atom. The lowest BCUT2D eigenvalue weighted by Gasteiger charge is -2.06. The third-order valence-electron chi connectivity index (χ3n) is 2.20. The van der Waals surface area contributed by atoms with Gasteiger partial charge in [-0.25, -0.2) is 0 Å². The number of hydrogen-bond donors (Lipinski definition) is 2. The largest absolute Gasteiger partial charge is 0.492 e. The summed E-state index contributed by atoms with van der Waals surface area (Å²) >= 11 is 0. The van der Waals surface area contributed by atoms with E-state index in [2.05, 4.69) is 5.32 Å². The molecule has 0 unspecified atom stereocenters. The predicted molar refractivity (Wildman–Crippen MR) is 52.2 cm³/mol. The van der Waals surface area contributed by atoms with Crippen molar-refractivity contribution in [2.24, 2.45) is 5.73 Å². The molecule has 1 aromatic carbocycles. The van der Waals surface area contributed by atoms with E-state index in [0.29, 0.717) is 12.2 Å². The van der Waals surface area contributed by atoms with E-state index in [0.717, 1.165) is 24.4 Å². The highest BCUT2D eigenvalue weighted by atomic mass is 16.5. The number of primary amides is 1. The van der Waals surface area contributed by atoms with Crippen LogP contribution in [0.2, 0.25) is 0 Å². The molecule has 0 saturated heterocycles. The maximum absolute atomic E-state index is 10.9. The minimum Gasteiger partial charge on any atom is -0.492 e. The van der Waals surface area contributed by atoms with Gasteiger partial charge >= 0.3 is 0 Å². The number of amides is 1. The first-order valence-corrected chi connectivity index (χ1v) is 4.53. The van der Waals surface area contributed by atoms with Crippen molar-refractivity contribution in [1.29, 1.82) is 0 Å². The summed E-state index contributed by atoms with van der Waals surface area (Å²) in [4.78, 5) is 10.9. The van der Waals surface area contributed by atoms with Gasteiger partial charge < -0.3 is 15.8 Å². The SMILES string of the molecule is NC(=O)c1ccc2c(c1)CNCCO2. The van der Waals surface area contributed by atoms with Crippen molar-refractivity contribution in [2.45, 2.75) is 6.54 Å². The van der Waals surface area contributed by atoms with Gasteiger partial charge in [0.2, 0.25) is 5.91 Å². The van der Waals surface area contributed by atoms with Crippen LogP contribution in [0.1, 0.15) is 15.9 Å². The molecule has 2 rings (SSSR count). The monoisotopic (exact) mass is 192 g/mol. The van der Waals surface area contributed by atoms with E-state index in [1.54, 1.807) is 18.2 Å². The van der Waals surface area contributed by atoms with Crippen LogP contribution in [0.4, 0.5) is 0 Å². The summed E-state index contributed by atoms with van der Waals surface area (Å²) < 4.78 is 5.47. The molecule has 1 aliphatic heterocycles. The Hall–Kier alpha value is -1.55. The Balaban J connectivity index is 2.37. The quantitative estimate of drug-likeness (QED) is 0.671. The molecular formula is C10H12N2O2. The van der Waals surface area contributed by atoms with Gasteiger partial charge in [0.05, 0.1) is 0 Å². The lowest BCUT2D eigenvalue weighted by molar-refractivity contribution is 0.1000. The van der Waals surface area contributed by atoms with Crippen LogP contribution in [0, 0.1) is 0 Å². The number of benzene rings is 1. The summed E-state index contributed by atoms with van der Waals surface area (Å²) in [6.07, 6.45) is 0. The average molecular weight is 192 g/mol. The number of nitrogens with one attached hydrogen (secondary N) is 1. The maximum atomic E-state index is 10.9. The van der Waals surface area contributed by atoms with Gasteiger partial charge in [-0.3, -0.25) is 4.79 Å². The summed E-state index contributed by atoms with van der Waals surface area (Å²) in [5.74, 6) is 0.428. The van der Waals surface area contributed by atoms with Gasteiger partial charge in [0.25, 0.3) is 0 Å². The number of carbonyl (C=O) groups is 1. The van der Waals surface area contributed by atoms with Gasteiger partial charge in [0.1, 0.15) is 12.4 Å². The summed E-state index contributed by atoms with van der Waals surface area (Å²) in [6.45, 7) is 2.19. The summed E-state index contributed by atoms with van der Waals surface area (Å²) in [5.41, 5.74) is 6.69. The van der Waals surface area contributed by atoms with E-state index in [1.807, 2.05) is 0 Å². The lowest BCUT2D eigenvalue weighted by atomic mass is 10.1. The Morgan fingerprint density at radius 3 is 3.14 bits per heavy atom. The minimum atomic E-state index is -0.406. The molecule has 1 heterocycles. The molecule has 0 spiro atoms. The average Bonchev–Trinajstić information content (AvgIpc) is 2.41. The molecule has 1 amide bonds. The lowest BCUT2D eigenvalue weighted by Crippen LogP contribution is -2.16. The molecule has 0 bridgehead atoms. The zero-order valence-corrected chi connectivity index (χ0v) is 7.75. The Labute approximate surface area is 82.1 Å². The normalized spacial score (nSPS) is 15.1. The Bertz CT molecular complexity index is 363. The second-order valence-electron chi connectivity index (χ2n) is 3.21. The Morgan fingerprint density at radius 2 is 2.36 bits per heavy atom. The zero-order valence-electron chi connectivity index (χ0n) is 7.75. The van der Waals surface area contributed by atoms with Crippen molar-refractivity contribution in [3.8, 4) is 5.75 Å².